The predicted octanol–water partition coefficient (Wildman–Crippen LogP) is 4.73. The Kier molecular flexibility index (Phi) is 9.68. The molecule has 0 saturated carbocycles. The smallest absolute Gasteiger partial charge is 0.240 e. The zero-order chi connectivity index (χ0) is 24.4. The first-order valence-corrected chi connectivity index (χ1v) is 14.0. The van der Waals surface area contributed by atoms with Gasteiger partial charge in [-0.15, -0.1) is 0 Å². The van der Waals surface area contributed by atoms with Gasteiger partial charge in [-0.1, -0.05) is 60.1 Å². The standard InChI is InChI=1S/C25H27ClN2O4S2/c1-34(30,31)28(17-25(29)27-15-16-33-19-21-9-5-6-10-24(21)26)22-11-13-23(14-12-22)32-18-20-7-3-2-4-8-20/h2-14H,15-19H2,1H3,(H,27,29). The lowest BCUT2D eigenvalue weighted by Crippen LogP contribution is -2.41. The minimum atomic E-state index is -3.65. The van der Waals surface area contributed by atoms with Gasteiger partial charge < -0.3 is 10.1 Å². The molecule has 6 nitrogen and oxygen atoms in total. The van der Waals surface area contributed by atoms with E-state index in [-0.39, 0.29) is 12.5 Å². The van der Waals surface area contributed by atoms with Crippen molar-refractivity contribution in [2.75, 3.05) is 29.4 Å². The number of nitrogens with zero attached hydrogens (tertiary/aromatic N) is 1. The highest BCUT2D eigenvalue weighted by Crippen LogP contribution is 2.23. The Morgan fingerprint density at radius 1 is 1.00 bits per heavy atom. The van der Waals surface area contributed by atoms with Gasteiger partial charge in [0.1, 0.15) is 18.9 Å². The largest absolute Gasteiger partial charge is 0.489 e. The molecule has 0 bridgehead atoms. The molecule has 0 aliphatic rings. The fraction of sp³-hybridized carbons (Fsp3) is 0.240. The molecule has 3 aromatic rings. The molecule has 0 spiro atoms. The molecule has 3 rings (SSSR count). The van der Waals surface area contributed by atoms with E-state index in [2.05, 4.69) is 5.32 Å². The number of amides is 1. The summed E-state index contributed by atoms with van der Waals surface area (Å²) in [6.07, 6.45) is 1.08. The van der Waals surface area contributed by atoms with E-state index < -0.39 is 10.0 Å². The normalized spacial score (nSPS) is 11.1. The number of carbonyl (C=O) groups excluding carboxylic acids is 1. The maximum absolute atomic E-state index is 12.4. The summed E-state index contributed by atoms with van der Waals surface area (Å²) >= 11 is 7.79. The molecule has 0 unspecified atom stereocenters. The van der Waals surface area contributed by atoms with Crippen molar-refractivity contribution in [1.82, 2.24) is 5.32 Å². The number of benzene rings is 3. The number of hydrogen-bond donors (Lipinski definition) is 1. The van der Waals surface area contributed by atoms with Gasteiger partial charge in [0, 0.05) is 23.1 Å². The van der Waals surface area contributed by atoms with Gasteiger partial charge in [0.05, 0.1) is 11.9 Å². The van der Waals surface area contributed by atoms with Gasteiger partial charge in [-0.05, 0) is 41.5 Å². The van der Waals surface area contributed by atoms with E-state index in [0.717, 1.165) is 32.5 Å². The van der Waals surface area contributed by atoms with Gasteiger partial charge in [0.25, 0.3) is 0 Å². The lowest BCUT2D eigenvalue weighted by Gasteiger charge is -2.22. The summed E-state index contributed by atoms with van der Waals surface area (Å²) in [4.78, 5) is 12.4. The molecule has 0 aliphatic carbocycles. The van der Waals surface area contributed by atoms with Crippen LogP contribution >= 0.6 is 23.4 Å². The lowest BCUT2D eigenvalue weighted by molar-refractivity contribution is -0.119. The average Bonchev–Trinajstić information content (AvgIpc) is 2.82. The second-order valence-electron chi connectivity index (χ2n) is 7.53. The van der Waals surface area contributed by atoms with E-state index >= 15 is 0 Å². The van der Waals surface area contributed by atoms with Crippen molar-refractivity contribution in [3.63, 3.8) is 0 Å². The monoisotopic (exact) mass is 518 g/mol. The SMILES string of the molecule is CS(=O)(=O)N(CC(=O)NCCSCc1ccccc1Cl)c1ccc(OCc2ccccc2)cc1. The third kappa shape index (κ3) is 8.27. The number of sulfonamides is 1. The number of hydrogen-bond acceptors (Lipinski definition) is 5. The molecule has 34 heavy (non-hydrogen) atoms. The third-order valence-corrected chi connectivity index (χ3v) is 7.36. The van der Waals surface area contributed by atoms with Crippen LogP contribution in [-0.2, 0) is 27.2 Å². The Labute approximate surface area is 210 Å². The number of ether oxygens (including phenoxy) is 1. The summed E-state index contributed by atoms with van der Waals surface area (Å²) in [5.74, 6) is 1.67. The van der Waals surface area contributed by atoms with Crippen molar-refractivity contribution in [3.05, 3.63) is 95.0 Å². The summed E-state index contributed by atoms with van der Waals surface area (Å²) < 4.78 is 31.5. The summed E-state index contributed by atoms with van der Waals surface area (Å²) in [5, 5.41) is 3.50. The number of carbonyl (C=O) groups is 1. The molecule has 0 aliphatic heterocycles. The van der Waals surface area contributed by atoms with E-state index in [4.69, 9.17) is 16.3 Å². The highest BCUT2D eigenvalue weighted by Gasteiger charge is 2.20. The van der Waals surface area contributed by atoms with Crippen LogP contribution in [0.4, 0.5) is 5.69 Å². The highest BCUT2D eigenvalue weighted by molar-refractivity contribution is 7.98. The van der Waals surface area contributed by atoms with Crippen LogP contribution in [0.15, 0.2) is 78.9 Å². The van der Waals surface area contributed by atoms with Crippen LogP contribution in [0.3, 0.4) is 0 Å². The Balaban J connectivity index is 1.49. The van der Waals surface area contributed by atoms with Crippen molar-refractivity contribution in [3.8, 4) is 5.75 Å². The number of nitrogens with one attached hydrogen (secondary N) is 1. The first kappa shape index (κ1) is 25.9. The van der Waals surface area contributed by atoms with Crippen molar-refractivity contribution >= 4 is 45.0 Å². The maximum atomic E-state index is 12.4. The molecule has 3 aromatic carbocycles. The van der Waals surface area contributed by atoms with Crippen molar-refractivity contribution in [1.29, 1.82) is 0 Å². The first-order valence-electron chi connectivity index (χ1n) is 10.7. The van der Waals surface area contributed by atoms with Gasteiger partial charge >= 0.3 is 0 Å². The Morgan fingerprint density at radius 3 is 2.35 bits per heavy atom. The molecular formula is C25H27ClN2O4S2. The van der Waals surface area contributed by atoms with Gasteiger partial charge in [0.15, 0.2) is 0 Å². The minimum Gasteiger partial charge on any atom is -0.489 e. The summed E-state index contributed by atoms with van der Waals surface area (Å²) in [5.41, 5.74) is 2.48. The molecular weight excluding hydrogens is 492 g/mol. The molecule has 180 valence electrons. The summed E-state index contributed by atoms with van der Waals surface area (Å²) in [7, 11) is -3.65. The Bertz CT molecular complexity index is 1170. The summed E-state index contributed by atoms with van der Waals surface area (Å²) in [6.45, 7) is 0.545. The zero-order valence-corrected chi connectivity index (χ0v) is 21.2. The second-order valence-corrected chi connectivity index (χ2v) is 11.0. The number of anilines is 1. The van der Waals surface area contributed by atoms with Crippen LogP contribution in [-0.4, -0.2) is 39.4 Å². The van der Waals surface area contributed by atoms with E-state index in [1.807, 2.05) is 54.6 Å². The molecule has 0 heterocycles. The van der Waals surface area contributed by atoms with Crippen molar-refractivity contribution < 1.29 is 17.9 Å². The Morgan fingerprint density at radius 2 is 1.68 bits per heavy atom. The molecule has 1 amide bonds. The molecule has 1 N–H and O–H groups in total. The predicted molar refractivity (Wildman–Crippen MR) is 140 cm³/mol. The van der Waals surface area contributed by atoms with Crippen LogP contribution in [0.2, 0.25) is 5.02 Å². The van der Waals surface area contributed by atoms with Crippen LogP contribution in [0.25, 0.3) is 0 Å². The van der Waals surface area contributed by atoms with Gasteiger partial charge in [-0.2, -0.15) is 11.8 Å². The zero-order valence-electron chi connectivity index (χ0n) is 18.8. The van der Waals surface area contributed by atoms with E-state index in [9.17, 15) is 13.2 Å². The lowest BCUT2D eigenvalue weighted by atomic mass is 10.2. The molecule has 0 saturated heterocycles. The van der Waals surface area contributed by atoms with Crippen LogP contribution in [0.1, 0.15) is 11.1 Å². The van der Waals surface area contributed by atoms with E-state index in [1.54, 1.807) is 36.0 Å². The molecule has 9 heteroatoms. The van der Waals surface area contributed by atoms with E-state index in [0.29, 0.717) is 30.3 Å². The average molecular weight is 519 g/mol. The second kappa shape index (κ2) is 12.7. The van der Waals surface area contributed by atoms with Crippen LogP contribution in [0.5, 0.6) is 5.75 Å². The molecule has 0 aromatic heterocycles. The minimum absolute atomic E-state index is 0.293. The molecule has 0 fully saturated rings. The van der Waals surface area contributed by atoms with Crippen molar-refractivity contribution in [2.24, 2.45) is 0 Å². The van der Waals surface area contributed by atoms with Crippen LogP contribution < -0.4 is 14.4 Å². The number of halogens is 1. The Hall–Kier alpha value is -2.68. The van der Waals surface area contributed by atoms with E-state index in [1.165, 1.54) is 0 Å². The third-order valence-electron chi connectivity index (χ3n) is 4.84. The quantitative estimate of drug-likeness (QED) is 0.351. The fourth-order valence-electron chi connectivity index (χ4n) is 3.10. The van der Waals surface area contributed by atoms with Gasteiger partial charge in [-0.3, -0.25) is 9.10 Å². The number of rotatable bonds is 12. The van der Waals surface area contributed by atoms with Gasteiger partial charge in [0.2, 0.25) is 15.9 Å². The summed E-state index contributed by atoms with van der Waals surface area (Å²) in [6, 6.07) is 24.0. The van der Waals surface area contributed by atoms with Crippen molar-refractivity contribution in [2.45, 2.75) is 12.4 Å². The van der Waals surface area contributed by atoms with Crippen LogP contribution in [0, 0.1) is 0 Å². The maximum Gasteiger partial charge on any atom is 0.240 e. The molecule has 0 radical (unpaired) electrons. The first-order chi connectivity index (χ1) is 16.3. The molecule has 0 atom stereocenters. The van der Waals surface area contributed by atoms with Gasteiger partial charge in [-0.25, -0.2) is 8.42 Å². The number of thioether (sulfide) groups is 1. The highest BCUT2D eigenvalue weighted by atomic mass is 35.5. The topological polar surface area (TPSA) is 75.7 Å². The fourth-order valence-corrected chi connectivity index (χ4v) is 5.10.